The lowest BCUT2D eigenvalue weighted by Gasteiger charge is -2.32. The molecule has 0 saturated carbocycles. The lowest BCUT2D eigenvalue weighted by molar-refractivity contribution is -0.119. The third-order valence-electron chi connectivity index (χ3n) is 12.7. The summed E-state index contributed by atoms with van der Waals surface area (Å²) in [7, 11) is 0. The number of carbonyl (C=O) groups is 1. The Hall–Kier alpha value is -4.63. The second-order valence-corrected chi connectivity index (χ2v) is 19.1. The number of aliphatic hydroxyl groups is 1. The number of amides is 1. The number of aromatic nitrogens is 3. The number of carbonyl (C=O) groups excluding carboxylic acids is 1. The third kappa shape index (κ3) is 28.6. The highest BCUT2D eigenvalue weighted by molar-refractivity contribution is 5.80. The summed E-state index contributed by atoms with van der Waals surface area (Å²) in [4.78, 5) is 22.9. The van der Waals surface area contributed by atoms with Gasteiger partial charge in [0.05, 0.1) is 163 Å². The highest BCUT2D eigenvalue weighted by atomic mass is 16.6. The van der Waals surface area contributed by atoms with Crippen molar-refractivity contribution >= 4 is 28.6 Å². The first-order chi connectivity index (χ1) is 38.8. The van der Waals surface area contributed by atoms with Crippen LogP contribution in [0.15, 0.2) is 48.5 Å². The van der Waals surface area contributed by atoms with Crippen LogP contribution in [0.4, 0.5) is 11.6 Å². The Morgan fingerprint density at radius 2 is 1.18 bits per heavy atom. The number of aliphatic hydroxyl groups excluding tert-OH is 1. The van der Waals surface area contributed by atoms with Gasteiger partial charge in [0.2, 0.25) is 11.9 Å². The van der Waals surface area contributed by atoms with E-state index in [9.17, 15) is 15.0 Å². The minimum atomic E-state index is -0.378. The molecule has 0 spiro atoms. The standard InChI is InChI=1S/C57H92N8O14/c1-46-5-8-49(4-3-19-66)52(42-46)60-44-48-7-9-51-54(43-48)65(45-53-55(67)10-6-47(2)61-53)57(63-51)62-50-11-16-64(17-12-50)18-14-59-15-21-70-23-25-72-27-29-74-31-33-76-35-37-78-39-41-79-40-38-77-36-34-75-32-30-73-28-26-71-24-22-69-20-13-56(58)68/h5-10,42-43,50,59-60,66-67H,3-4,11-41,44-45H2,1-2H3,(H2,58,68)(H,62,63). The summed E-state index contributed by atoms with van der Waals surface area (Å²) in [5.41, 5.74) is 13.0. The summed E-state index contributed by atoms with van der Waals surface area (Å²) in [5, 5.41) is 31.2. The Kier molecular flexibility index (Phi) is 34.1. The van der Waals surface area contributed by atoms with Gasteiger partial charge in [-0.15, -0.1) is 0 Å². The van der Waals surface area contributed by atoms with E-state index >= 15 is 0 Å². The van der Waals surface area contributed by atoms with Crippen molar-refractivity contribution in [2.45, 2.75) is 65.1 Å². The normalized spacial score (nSPS) is 13.3. The SMILES string of the molecule is Cc1ccc(CCCO)c(NCc2ccc3nc(NC4CCN(CCNCCOCCOCCOCCOCCOCCOCCOCCOCCOCCOCCOCCC(N)=O)CC4)n(Cc4nc(C)ccc4O)c3c2)c1. The first-order valence-corrected chi connectivity index (χ1v) is 28.2. The molecule has 5 rings (SSSR count). The predicted molar refractivity (Wildman–Crippen MR) is 302 cm³/mol. The number of anilines is 2. The van der Waals surface area contributed by atoms with Gasteiger partial charge in [0.25, 0.3) is 0 Å². The van der Waals surface area contributed by atoms with Gasteiger partial charge in [-0.3, -0.25) is 9.78 Å². The molecule has 4 aromatic rings. The number of likely N-dealkylation sites (tertiary alicyclic amines) is 1. The molecule has 444 valence electrons. The maximum Gasteiger partial charge on any atom is 0.219 e. The molecule has 22 heteroatoms. The van der Waals surface area contributed by atoms with Crippen LogP contribution in [0.25, 0.3) is 11.0 Å². The van der Waals surface area contributed by atoms with Gasteiger partial charge >= 0.3 is 0 Å². The molecule has 1 saturated heterocycles. The molecule has 0 aliphatic carbocycles. The second kappa shape index (κ2) is 41.4. The van der Waals surface area contributed by atoms with Crippen molar-refractivity contribution in [2.24, 2.45) is 5.73 Å². The number of aryl methyl sites for hydroxylation is 3. The topological polar surface area (TPSA) is 255 Å². The van der Waals surface area contributed by atoms with Crippen LogP contribution < -0.4 is 21.7 Å². The molecule has 2 aromatic carbocycles. The van der Waals surface area contributed by atoms with E-state index in [0.717, 1.165) is 92.3 Å². The van der Waals surface area contributed by atoms with Gasteiger partial charge in [-0.2, -0.15) is 0 Å². The molecule has 0 unspecified atom stereocenters. The highest BCUT2D eigenvalue weighted by Crippen LogP contribution is 2.28. The number of nitrogens with zero attached hydrogens (tertiary/aromatic N) is 4. The quantitative estimate of drug-likeness (QED) is 0.0343. The first-order valence-electron chi connectivity index (χ1n) is 28.2. The monoisotopic (exact) mass is 1110 g/mol. The van der Waals surface area contributed by atoms with Crippen molar-refractivity contribution < 1.29 is 67.1 Å². The van der Waals surface area contributed by atoms with Crippen LogP contribution in [-0.2, 0) is 76.4 Å². The molecule has 79 heavy (non-hydrogen) atoms. The molecule has 7 N–H and O–H groups in total. The molecule has 0 bridgehead atoms. The van der Waals surface area contributed by atoms with E-state index in [2.05, 4.69) is 68.7 Å². The summed E-state index contributed by atoms with van der Waals surface area (Å²) in [5.74, 6) is 0.573. The van der Waals surface area contributed by atoms with E-state index in [4.69, 9.17) is 67.8 Å². The number of piperidine rings is 1. The average Bonchev–Trinajstić information content (AvgIpc) is 3.97. The molecule has 3 heterocycles. The number of hydrogen-bond donors (Lipinski definition) is 6. The molecule has 1 amide bonds. The van der Waals surface area contributed by atoms with Gasteiger partial charge in [-0.05, 0) is 86.6 Å². The van der Waals surface area contributed by atoms with Gasteiger partial charge in [0.1, 0.15) is 11.4 Å². The number of rotatable bonds is 49. The zero-order valence-electron chi connectivity index (χ0n) is 47.1. The lowest BCUT2D eigenvalue weighted by atomic mass is 10.0. The molecule has 0 atom stereocenters. The van der Waals surface area contributed by atoms with Gasteiger partial charge in [0.15, 0.2) is 0 Å². The molecule has 1 fully saturated rings. The van der Waals surface area contributed by atoms with Crippen LogP contribution in [0, 0.1) is 13.8 Å². The van der Waals surface area contributed by atoms with Crippen LogP contribution in [0.3, 0.4) is 0 Å². The third-order valence-corrected chi connectivity index (χ3v) is 12.7. The van der Waals surface area contributed by atoms with Crippen LogP contribution in [0.2, 0.25) is 0 Å². The number of fused-ring (bicyclic) bond motifs is 1. The fourth-order valence-electron chi connectivity index (χ4n) is 8.42. The number of nitrogens with one attached hydrogen (secondary N) is 3. The Balaban J connectivity index is 0.793. The number of hydrogen-bond acceptors (Lipinski definition) is 20. The maximum atomic E-state index is 10.8. The van der Waals surface area contributed by atoms with Crippen molar-refractivity contribution in [1.29, 1.82) is 0 Å². The number of imidazole rings is 1. The Labute approximate surface area is 467 Å². The number of ether oxygens (including phenoxy) is 11. The molecule has 2 aromatic heterocycles. The van der Waals surface area contributed by atoms with E-state index in [1.165, 1.54) is 11.1 Å². The van der Waals surface area contributed by atoms with E-state index in [1.54, 1.807) is 6.07 Å². The Morgan fingerprint density at radius 1 is 0.646 bits per heavy atom. The van der Waals surface area contributed by atoms with E-state index in [-0.39, 0.29) is 30.7 Å². The van der Waals surface area contributed by atoms with E-state index in [1.807, 2.05) is 13.0 Å². The fourth-order valence-corrected chi connectivity index (χ4v) is 8.42. The first kappa shape index (κ1) is 65.2. The zero-order chi connectivity index (χ0) is 55.8. The summed E-state index contributed by atoms with van der Waals surface area (Å²) in [6.45, 7) is 20.4. The van der Waals surface area contributed by atoms with Crippen molar-refractivity contribution in [3.8, 4) is 5.75 Å². The van der Waals surface area contributed by atoms with E-state index in [0.29, 0.717) is 164 Å². The number of primary amides is 1. The Morgan fingerprint density at radius 3 is 1.71 bits per heavy atom. The Bertz CT molecular complexity index is 2220. The van der Waals surface area contributed by atoms with Gasteiger partial charge in [0, 0.05) is 69.7 Å². The number of aromatic hydroxyl groups is 1. The predicted octanol–water partition coefficient (Wildman–Crippen LogP) is 3.86. The summed E-state index contributed by atoms with van der Waals surface area (Å²) in [6.07, 6.45) is 3.74. The summed E-state index contributed by atoms with van der Waals surface area (Å²) < 4.78 is 62.8. The van der Waals surface area contributed by atoms with Crippen molar-refractivity contribution in [3.05, 3.63) is 76.6 Å². The van der Waals surface area contributed by atoms with Gasteiger partial charge in [-0.1, -0.05) is 18.2 Å². The average molecular weight is 1110 g/mol. The number of nitrogens with two attached hydrogens (primary N) is 1. The second-order valence-electron chi connectivity index (χ2n) is 19.1. The lowest BCUT2D eigenvalue weighted by Crippen LogP contribution is -2.42. The van der Waals surface area contributed by atoms with Crippen LogP contribution in [0.5, 0.6) is 5.75 Å². The number of benzene rings is 2. The highest BCUT2D eigenvalue weighted by Gasteiger charge is 2.22. The summed E-state index contributed by atoms with van der Waals surface area (Å²) in [6, 6.07) is 16.6. The number of pyridine rings is 1. The van der Waals surface area contributed by atoms with Crippen molar-refractivity contribution in [3.63, 3.8) is 0 Å². The minimum absolute atomic E-state index is 0.166. The van der Waals surface area contributed by atoms with Gasteiger partial charge < -0.3 is 93.5 Å². The molecule has 1 aliphatic heterocycles. The largest absolute Gasteiger partial charge is 0.506 e. The van der Waals surface area contributed by atoms with Crippen LogP contribution >= 0.6 is 0 Å². The van der Waals surface area contributed by atoms with Crippen LogP contribution in [0.1, 0.15) is 53.8 Å². The molecular formula is C57H92N8O14. The maximum absolute atomic E-state index is 10.8. The molecule has 0 radical (unpaired) electrons. The van der Waals surface area contributed by atoms with E-state index < -0.39 is 0 Å². The molecule has 1 aliphatic rings. The molecule has 22 nitrogen and oxygen atoms in total. The van der Waals surface area contributed by atoms with Crippen molar-refractivity contribution in [1.82, 2.24) is 24.8 Å². The van der Waals surface area contributed by atoms with Crippen LogP contribution in [-0.4, -0.2) is 226 Å². The van der Waals surface area contributed by atoms with Crippen molar-refractivity contribution in [2.75, 3.05) is 195 Å². The zero-order valence-corrected chi connectivity index (χ0v) is 47.1. The molecular weight excluding hydrogens is 1020 g/mol. The van der Waals surface area contributed by atoms with Gasteiger partial charge in [-0.25, -0.2) is 4.98 Å². The smallest absolute Gasteiger partial charge is 0.219 e. The summed E-state index contributed by atoms with van der Waals surface area (Å²) >= 11 is 0. The fraction of sp³-hybridized carbons (Fsp3) is 0.667. The minimum Gasteiger partial charge on any atom is -0.506 e.